The maximum absolute atomic E-state index is 13.2. The van der Waals surface area contributed by atoms with Gasteiger partial charge in [0.25, 0.3) is 0 Å². The molecular formula is C10H8FN. The molecule has 2 heteroatoms. The maximum atomic E-state index is 13.2. The molecule has 2 rings (SSSR count). The van der Waals surface area contributed by atoms with Crippen molar-refractivity contribution >= 4 is 16.5 Å². The van der Waals surface area contributed by atoms with E-state index in [-0.39, 0.29) is 5.82 Å². The van der Waals surface area contributed by atoms with Gasteiger partial charge in [0.05, 0.1) is 0 Å². The van der Waals surface area contributed by atoms with E-state index >= 15 is 0 Å². The molecule has 0 aliphatic carbocycles. The Bertz CT molecular complexity index is 386. The van der Waals surface area contributed by atoms with Crippen molar-refractivity contribution in [3.05, 3.63) is 42.2 Å². The molecule has 0 aromatic heterocycles. The second kappa shape index (κ2) is 2.48. The van der Waals surface area contributed by atoms with E-state index in [2.05, 4.69) is 0 Å². The van der Waals surface area contributed by atoms with Crippen LogP contribution in [0.15, 0.2) is 36.4 Å². The maximum Gasteiger partial charge on any atom is 0.133 e. The lowest BCUT2D eigenvalue weighted by atomic mass is 10.1. The van der Waals surface area contributed by atoms with E-state index in [1.807, 2.05) is 18.2 Å². The van der Waals surface area contributed by atoms with Crippen LogP contribution in [0.1, 0.15) is 0 Å². The highest BCUT2D eigenvalue weighted by Crippen LogP contribution is 2.23. The topological polar surface area (TPSA) is 26.0 Å². The number of rotatable bonds is 0. The van der Waals surface area contributed by atoms with Crippen LogP contribution >= 0.6 is 0 Å². The molecule has 0 fully saturated rings. The van der Waals surface area contributed by atoms with Gasteiger partial charge in [0.1, 0.15) is 5.82 Å². The summed E-state index contributed by atoms with van der Waals surface area (Å²) in [5, 5.41) is 1.36. The lowest BCUT2D eigenvalue weighted by Crippen LogP contribution is -1.88. The highest BCUT2D eigenvalue weighted by Gasteiger charge is 2.01. The van der Waals surface area contributed by atoms with Crippen LogP contribution in [0.2, 0.25) is 0 Å². The van der Waals surface area contributed by atoms with E-state index < -0.39 is 0 Å². The standard InChI is InChI=1S/C10H8FN/c11-8-5-1-3-7-4-2-6-9(12)10(7)8/h1-6H,12H2. The third-order valence-electron chi connectivity index (χ3n) is 1.89. The first-order chi connectivity index (χ1) is 5.79. The molecule has 2 aromatic carbocycles. The first kappa shape index (κ1) is 7.10. The summed E-state index contributed by atoms with van der Waals surface area (Å²) in [6.07, 6.45) is 0. The normalized spacial score (nSPS) is 10.4. The Morgan fingerprint density at radius 3 is 2.33 bits per heavy atom. The molecule has 1 nitrogen and oxygen atoms in total. The summed E-state index contributed by atoms with van der Waals surface area (Å²) in [5.41, 5.74) is 6.11. The molecule has 60 valence electrons. The lowest BCUT2D eigenvalue weighted by molar-refractivity contribution is 0.640. The fourth-order valence-corrected chi connectivity index (χ4v) is 1.32. The van der Waals surface area contributed by atoms with Crippen LogP contribution in [0.4, 0.5) is 10.1 Å². The third-order valence-corrected chi connectivity index (χ3v) is 1.89. The molecule has 0 unspecified atom stereocenters. The Morgan fingerprint density at radius 1 is 1.00 bits per heavy atom. The van der Waals surface area contributed by atoms with Crippen LogP contribution in [0.25, 0.3) is 10.8 Å². The van der Waals surface area contributed by atoms with Gasteiger partial charge >= 0.3 is 0 Å². The predicted octanol–water partition coefficient (Wildman–Crippen LogP) is 2.56. The summed E-state index contributed by atoms with van der Waals surface area (Å²) in [4.78, 5) is 0. The van der Waals surface area contributed by atoms with Crippen LogP contribution in [-0.4, -0.2) is 0 Å². The molecule has 12 heavy (non-hydrogen) atoms. The average Bonchev–Trinajstić information content (AvgIpc) is 2.04. The van der Waals surface area contributed by atoms with E-state index in [0.717, 1.165) is 5.39 Å². The number of benzene rings is 2. The molecule has 0 saturated carbocycles. The van der Waals surface area contributed by atoms with Crippen molar-refractivity contribution in [1.29, 1.82) is 0 Å². The zero-order chi connectivity index (χ0) is 8.55. The molecule has 0 aliphatic rings. The fraction of sp³-hybridized carbons (Fsp3) is 0. The number of hydrogen-bond acceptors (Lipinski definition) is 1. The van der Waals surface area contributed by atoms with Gasteiger partial charge in [-0.1, -0.05) is 24.3 Å². The highest BCUT2D eigenvalue weighted by atomic mass is 19.1. The van der Waals surface area contributed by atoms with Gasteiger partial charge in [-0.15, -0.1) is 0 Å². The van der Waals surface area contributed by atoms with Crippen molar-refractivity contribution in [2.45, 2.75) is 0 Å². The van der Waals surface area contributed by atoms with Crippen molar-refractivity contribution in [3.8, 4) is 0 Å². The van der Waals surface area contributed by atoms with E-state index in [9.17, 15) is 4.39 Å². The van der Waals surface area contributed by atoms with Crippen LogP contribution in [0.3, 0.4) is 0 Å². The van der Waals surface area contributed by atoms with Crippen LogP contribution < -0.4 is 5.73 Å². The van der Waals surface area contributed by atoms with Gasteiger partial charge in [0, 0.05) is 11.1 Å². The molecule has 0 aliphatic heterocycles. The molecule has 0 bridgehead atoms. The smallest absolute Gasteiger partial charge is 0.133 e. The Hall–Kier alpha value is -1.57. The van der Waals surface area contributed by atoms with Gasteiger partial charge < -0.3 is 5.73 Å². The van der Waals surface area contributed by atoms with Gasteiger partial charge in [-0.3, -0.25) is 0 Å². The van der Waals surface area contributed by atoms with Gasteiger partial charge in [-0.25, -0.2) is 4.39 Å². The third kappa shape index (κ3) is 0.925. The van der Waals surface area contributed by atoms with Crippen LogP contribution in [-0.2, 0) is 0 Å². The number of nitrogen functional groups attached to an aromatic ring is 1. The SMILES string of the molecule is Nc1cccc2cccc(F)c12. The zero-order valence-corrected chi connectivity index (χ0v) is 6.42. The Kier molecular flexibility index (Phi) is 1.47. The summed E-state index contributed by atoms with van der Waals surface area (Å²) in [6.45, 7) is 0. The fourth-order valence-electron chi connectivity index (χ4n) is 1.32. The van der Waals surface area contributed by atoms with Crippen molar-refractivity contribution in [2.75, 3.05) is 5.73 Å². The Balaban J connectivity index is 2.96. The van der Waals surface area contributed by atoms with E-state index in [0.29, 0.717) is 11.1 Å². The second-order valence-corrected chi connectivity index (χ2v) is 2.69. The van der Waals surface area contributed by atoms with Gasteiger partial charge in [-0.2, -0.15) is 0 Å². The minimum atomic E-state index is -0.259. The first-order valence-electron chi connectivity index (χ1n) is 3.72. The predicted molar refractivity (Wildman–Crippen MR) is 48.3 cm³/mol. The van der Waals surface area contributed by atoms with Crippen molar-refractivity contribution in [1.82, 2.24) is 0 Å². The average molecular weight is 161 g/mol. The number of fused-ring (bicyclic) bond motifs is 1. The minimum Gasteiger partial charge on any atom is -0.398 e. The Labute approximate surface area is 69.6 Å². The summed E-state index contributed by atoms with van der Waals surface area (Å²) in [6, 6.07) is 10.3. The van der Waals surface area contributed by atoms with Gasteiger partial charge in [0.2, 0.25) is 0 Å². The van der Waals surface area contributed by atoms with Crippen LogP contribution in [0, 0.1) is 5.82 Å². The number of nitrogens with two attached hydrogens (primary N) is 1. The van der Waals surface area contributed by atoms with Crippen molar-refractivity contribution < 1.29 is 4.39 Å². The van der Waals surface area contributed by atoms with E-state index in [4.69, 9.17) is 5.73 Å². The Morgan fingerprint density at radius 2 is 1.67 bits per heavy atom. The molecule has 2 aromatic rings. The molecule has 0 saturated heterocycles. The zero-order valence-electron chi connectivity index (χ0n) is 6.42. The molecule has 0 heterocycles. The van der Waals surface area contributed by atoms with E-state index in [1.54, 1.807) is 12.1 Å². The largest absolute Gasteiger partial charge is 0.398 e. The number of halogens is 1. The summed E-state index contributed by atoms with van der Waals surface area (Å²) >= 11 is 0. The van der Waals surface area contributed by atoms with Crippen molar-refractivity contribution in [3.63, 3.8) is 0 Å². The molecule has 0 spiro atoms. The quantitative estimate of drug-likeness (QED) is 0.590. The second-order valence-electron chi connectivity index (χ2n) is 2.69. The number of anilines is 1. The van der Waals surface area contributed by atoms with Gasteiger partial charge in [-0.05, 0) is 17.5 Å². The van der Waals surface area contributed by atoms with Gasteiger partial charge in [0.15, 0.2) is 0 Å². The minimum absolute atomic E-state index is 0.259. The molecular weight excluding hydrogens is 153 g/mol. The molecule has 2 N–H and O–H groups in total. The first-order valence-corrected chi connectivity index (χ1v) is 3.72. The summed E-state index contributed by atoms with van der Waals surface area (Å²) in [5.74, 6) is -0.259. The molecule has 0 atom stereocenters. The summed E-state index contributed by atoms with van der Waals surface area (Å²) in [7, 11) is 0. The van der Waals surface area contributed by atoms with Crippen molar-refractivity contribution in [2.24, 2.45) is 0 Å². The number of hydrogen-bond donors (Lipinski definition) is 1. The summed E-state index contributed by atoms with van der Waals surface area (Å²) < 4.78 is 13.2. The highest BCUT2D eigenvalue weighted by molar-refractivity contribution is 5.93. The van der Waals surface area contributed by atoms with Crippen LogP contribution in [0.5, 0.6) is 0 Å². The lowest BCUT2D eigenvalue weighted by Gasteiger charge is -2.01. The molecule has 0 radical (unpaired) electrons. The van der Waals surface area contributed by atoms with E-state index in [1.165, 1.54) is 6.07 Å². The molecule has 0 amide bonds. The monoisotopic (exact) mass is 161 g/mol.